The van der Waals surface area contributed by atoms with E-state index in [1.807, 2.05) is 19.9 Å². The SMILES string of the molecule is Cc1cc(C(=O)OCC(=O)c2ccc3c(c2)CC(=O)N3C)c(C)n1C1CC1. The molecule has 1 aliphatic heterocycles. The molecule has 2 heterocycles. The van der Waals surface area contributed by atoms with Crippen molar-refractivity contribution < 1.29 is 19.1 Å². The molecule has 1 saturated carbocycles. The van der Waals surface area contributed by atoms with Crippen molar-refractivity contribution in [2.24, 2.45) is 0 Å². The Morgan fingerprint density at radius 3 is 2.63 bits per heavy atom. The highest BCUT2D eigenvalue weighted by atomic mass is 16.5. The van der Waals surface area contributed by atoms with E-state index < -0.39 is 5.97 Å². The van der Waals surface area contributed by atoms with Crippen molar-refractivity contribution in [2.45, 2.75) is 39.2 Å². The van der Waals surface area contributed by atoms with Crippen LogP contribution in [0.1, 0.15) is 56.6 Å². The summed E-state index contributed by atoms with van der Waals surface area (Å²) in [7, 11) is 1.72. The zero-order chi connectivity index (χ0) is 19.3. The smallest absolute Gasteiger partial charge is 0.340 e. The summed E-state index contributed by atoms with van der Waals surface area (Å²) in [5.41, 5.74) is 4.56. The highest BCUT2D eigenvalue weighted by Crippen LogP contribution is 2.38. The number of fused-ring (bicyclic) bond motifs is 1. The van der Waals surface area contributed by atoms with Crippen LogP contribution in [-0.4, -0.2) is 35.9 Å². The van der Waals surface area contributed by atoms with Crippen molar-refractivity contribution in [3.05, 3.63) is 52.3 Å². The van der Waals surface area contributed by atoms with Gasteiger partial charge in [-0.3, -0.25) is 9.59 Å². The van der Waals surface area contributed by atoms with E-state index in [0.717, 1.165) is 35.5 Å². The number of hydrogen-bond acceptors (Lipinski definition) is 4. The minimum atomic E-state index is -0.473. The van der Waals surface area contributed by atoms with Gasteiger partial charge in [0, 0.05) is 35.7 Å². The average molecular weight is 366 g/mol. The van der Waals surface area contributed by atoms with E-state index in [-0.39, 0.29) is 18.3 Å². The fourth-order valence-corrected chi connectivity index (χ4v) is 3.81. The van der Waals surface area contributed by atoms with E-state index in [1.54, 1.807) is 30.1 Å². The fraction of sp³-hybridized carbons (Fsp3) is 0.381. The molecule has 0 bridgehead atoms. The molecule has 0 radical (unpaired) electrons. The molecule has 1 aliphatic carbocycles. The van der Waals surface area contributed by atoms with Crippen LogP contribution in [0.3, 0.4) is 0 Å². The number of benzene rings is 1. The molecule has 0 spiro atoms. The first kappa shape index (κ1) is 17.5. The summed E-state index contributed by atoms with van der Waals surface area (Å²) in [4.78, 5) is 38.2. The number of likely N-dealkylation sites (N-methyl/N-ethyl adjacent to an activating group) is 1. The molecule has 27 heavy (non-hydrogen) atoms. The van der Waals surface area contributed by atoms with Gasteiger partial charge in [-0.1, -0.05) is 0 Å². The zero-order valence-corrected chi connectivity index (χ0v) is 15.7. The first-order chi connectivity index (χ1) is 12.9. The molecule has 4 rings (SSSR count). The summed E-state index contributed by atoms with van der Waals surface area (Å²) in [6.07, 6.45) is 2.57. The third-order valence-corrected chi connectivity index (χ3v) is 5.43. The van der Waals surface area contributed by atoms with Crippen molar-refractivity contribution in [1.82, 2.24) is 4.57 Å². The number of nitrogens with zero attached hydrogens (tertiary/aromatic N) is 2. The number of rotatable bonds is 5. The maximum Gasteiger partial charge on any atom is 0.340 e. The molecule has 1 aromatic carbocycles. The normalized spacial score (nSPS) is 15.8. The largest absolute Gasteiger partial charge is 0.454 e. The zero-order valence-electron chi connectivity index (χ0n) is 15.7. The predicted octanol–water partition coefficient (Wildman–Crippen LogP) is 3.00. The second-order valence-corrected chi connectivity index (χ2v) is 7.36. The molecule has 0 unspecified atom stereocenters. The average Bonchev–Trinajstić information content (AvgIpc) is 3.37. The number of carbonyl (C=O) groups is 3. The van der Waals surface area contributed by atoms with Crippen LogP contribution in [0, 0.1) is 13.8 Å². The number of carbonyl (C=O) groups excluding carboxylic acids is 3. The molecule has 1 amide bonds. The molecule has 2 aromatic rings. The van der Waals surface area contributed by atoms with Gasteiger partial charge in [0.1, 0.15) is 0 Å². The topological polar surface area (TPSA) is 68.6 Å². The van der Waals surface area contributed by atoms with Gasteiger partial charge in [-0.15, -0.1) is 0 Å². The van der Waals surface area contributed by atoms with Crippen molar-refractivity contribution in [1.29, 1.82) is 0 Å². The third-order valence-electron chi connectivity index (χ3n) is 5.43. The number of aryl methyl sites for hydroxylation is 1. The van der Waals surface area contributed by atoms with Gasteiger partial charge in [-0.25, -0.2) is 4.79 Å². The Morgan fingerprint density at radius 1 is 1.19 bits per heavy atom. The van der Waals surface area contributed by atoms with Gasteiger partial charge in [-0.05, 0) is 56.5 Å². The van der Waals surface area contributed by atoms with Crippen LogP contribution in [0.5, 0.6) is 0 Å². The lowest BCUT2D eigenvalue weighted by molar-refractivity contribution is -0.117. The van der Waals surface area contributed by atoms with E-state index in [1.165, 1.54) is 0 Å². The maximum absolute atomic E-state index is 12.4. The Morgan fingerprint density at radius 2 is 1.93 bits per heavy atom. The van der Waals surface area contributed by atoms with Crippen LogP contribution >= 0.6 is 0 Å². The number of aromatic nitrogens is 1. The van der Waals surface area contributed by atoms with Crippen molar-refractivity contribution in [3.8, 4) is 0 Å². The first-order valence-corrected chi connectivity index (χ1v) is 9.15. The molecule has 0 saturated heterocycles. The highest BCUT2D eigenvalue weighted by molar-refractivity contribution is 6.04. The maximum atomic E-state index is 12.4. The Hall–Kier alpha value is -2.89. The van der Waals surface area contributed by atoms with Crippen LogP contribution in [0.25, 0.3) is 0 Å². The Kier molecular flexibility index (Phi) is 4.13. The summed E-state index contributed by atoms with van der Waals surface area (Å²) >= 11 is 0. The van der Waals surface area contributed by atoms with Gasteiger partial charge < -0.3 is 14.2 Å². The highest BCUT2D eigenvalue weighted by Gasteiger charge is 2.29. The van der Waals surface area contributed by atoms with E-state index in [2.05, 4.69) is 4.57 Å². The fourth-order valence-electron chi connectivity index (χ4n) is 3.81. The number of anilines is 1. The first-order valence-electron chi connectivity index (χ1n) is 9.15. The van der Waals surface area contributed by atoms with Crippen LogP contribution in [0.15, 0.2) is 24.3 Å². The summed E-state index contributed by atoms with van der Waals surface area (Å²) in [5, 5.41) is 0. The molecule has 6 nitrogen and oxygen atoms in total. The predicted molar refractivity (Wildman–Crippen MR) is 100 cm³/mol. The third kappa shape index (κ3) is 3.05. The number of esters is 1. The molecule has 0 N–H and O–H groups in total. The van der Waals surface area contributed by atoms with E-state index in [4.69, 9.17) is 4.74 Å². The summed E-state index contributed by atoms with van der Waals surface area (Å²) in [5.74, 6) is -0.740. The van der Waals surface area contributed by atoms with Gasteiger partial charge >= 0.3 is 5.97 Å². The number of hydrogen-bond donors (Lipinski definition) is 0. The Labute approximate surface area is 157 Å². The van der Waals surface area contributed by atoms with Gasteiger partial charge in [0.25, 0.3) is 0 Å². The van der Waals surface area contributed by atoms with Crippen molar-refractivity contribution in [2.75, 3.05) is 18.6 Å². The number of ketones is 1. The van der Waals surface area contributed by atoms with Crippen LogP contribution in [0.2, 0.25) is 0 Å². The second-order valence-electron chi connectivity index (χ2n) is 7.36. The van der Waals surface area contributed by atoms with Crippen LogP contribution in [0.4, 0.5) is 5.69 Å². The monoisotopic (exact) mass is 366 g/mol. The van der Waals surface area contributed by atoms with Crippen LogP contribution in [-0.2, 0) is 16.0 Å². The van der Waals surface area contributed by atoms with E-state index in [0.29, 0.717) is 23.6 Å². The number of Topliss-reactive ketones (excluding diaryl/α,β-unsaturated/α-hetero) is 1. The summed E-state index contributed by atoms with van der Waals surface area (Å²) in [6.45, 7) is 3.59. The number of amides is 1. The van der Waals surface area contributed by atoms with Gasteiger partial charge in [0.15, 0.2) is 12.4 Å². The minimum absolute atomic E-state index is 0.00652. The standard InChI is InChI=1S/C21H22N2O4/c1-12-8-17(13(2)23(12)16-5-6-16)21(26)27-11-19(24)14-4-7-18-15(9-14)10-20(25)22(18)3/h4,7-9,16H,5-6,10-11H2,1-3H3. The quantitative estimate of drug-likeness (QED) is 0.603. The van der Waals surface area contributed by atoms with Gasteiger partial charge in [-0.2, -0.15) is 0 Å². The Balaban J connectivity index is 1.44. The molecule has 2 aliphatic rings. The molecule has 0 atom stereocenters. The number of ether oxygens (including phenoxy) is 1. The molecular formula is C21H22N2O4. The lowest BCUT2D eigenvalue weighted by Crippen LogP contribution is -2.20. The van der Waals surface area contributed by atoms with Crippen LogP contribution < -0.4 is 4.90 Å². The minimum Gasteiger partial charge on any atom is -0.454 e. The van der Waals surface area contributed by atoms with E-state index in [9.17, 15) is 14.4 Å². The molecule has 6 heteroatoms. The van der Waals surface area contributed by atoms with Crippen molar-refractivity contribution >= 4 is 23.3 Å². The molecule has 1 aromatic heterocycles. The lowest BCUT2D eigenvalue weighted by atomic mass is 10.1. The molecule has 1 fully saturated rings. The van der Waals surface area contributed by atoms with Gasteiger partial charge in [0.2, 0.25) is 5.91 Å². The second kappa shape index (κ2) is 6.37. The summed E-state index contributed by atoms with van der Waals surface area (Å²) in [6, 6.07) is 7.46. The summed E-state index contributed by atoms with van der Waals surface area (Å²) < 4.78 is 7.45. The molecule has 140 valence electrons. The molecular weight excluding hydrogens is 344 g/mol. The van der Waals surface area contributed by atoms with Gasteiger partial charge in [0.05, 0.1) is 12.0 Å². The van der Waals surface area contributed by atoms with Crippen molar-refractivity contribution in [3.63, 3.8) is 0 Å². The lowest BCUT2D eigenvalue weighted by Gasteiger charge is -2.10. The Bertz CT molecular complexity index is 969. The van der Waals surface area contributed by atoms with E-state index >= 15 is 0 Å².